The van der Waals surface area contributed by atoms with Gasteiger partial charge in [0, 0.05) is 11.2 Å². The zero-order valence-corrected chi connectivity index (χ0v) is 11.7. The third-order valence-electron chi connectivity index (χ3n) is 2.65. The quantitative estimate of drug-likeness (QED) is 0.933. The second-order valence-electron chi connectivity index (χ2n) is 4.07. The molecule has 1 unspecified atom stereocenters. The van der Waals surface area contributed by atoms with Gasteiger partial charge in [-0.05, 0) is 37.3 Å². The van der Waals surface area contributed by atoms with Crippen LogP contribution in [-0.2, 0) is 0 Å². The zero-order valence-electron chi connectivity index (χ0n) is 10.2. The fourth-order valence-corrected chi connectivity index (χ4v) is 2.03. The molecular formula is C14H12Cl2N2O. The standard InChI is InChI=1S/C14H12Cl2N2O/c1-9(13-4-2-3-7-17-13)18-14(19)11-8-10(15)5-6-12(11)16/h2-9H,1H3,(H,18,19). The first kappa shape index (κ1) is 13.8. The minimum atomic E-state index is -0.273. The molecule has 1 heterocycles. The first-order valence-electron chi connectivity index (χ1n) is 5.75. The van der Waals surface area contributed by atoms with Crippen LogP contribution in [0.25, 0.3) is 0 Å². The Labute approximate surface area is 121 Å². The number of halogens is 2. The van der Waals surface area contributed by atoms with Crippen LogP contribution in [0.15, 0.2) is 42.6 Å². The van der Waals surface area contributed by atoms with Gasteiger partial charge in [0.15, 0.2) is 0 Å². The first-order chi connectivity index (χ1) is 9.08. The van der Waals surface area contributed by atoms with Crippen molar-refractivity contribution in [3.63, 3.8) is 0 Å². The van der Waals surface area contributed by atoms with Gasteiger partial charge in [-0.1, -0.05) is 29.3 Å². The van der Waals surface area contributed by atoms with Crippen LogP contribution in [0.4, 0.5) is 0 Å². The summed E-state index contributed by atoms with van der Waals surface area (Å²) in [4.78, 5) is 16.3. The molecule has 19 heavy (non-hydrogen) atoms. The van der Waals surface area contributed by atoms with Gasteiger partial charge in [-0.2, -0.15) is 0 Å². The van der Waals surface area contributed by atoms with Gasteiger partial charge >= 0.3 is 0 Å². The number of nitrogens with zero attached hydrogens (tertiary/aromatic N) is 1. The van der Waals surface area contributed by atoms with E-state index in [0.29, 0.717) is 15.6 Å². The summed E-state index contributed by atoms with van der Waals surface area (Å²) in [6, 6.07) is 10.1. The van der Waals surface area contributed by atoms with Crippen LogP contribution in [0.1, 0.15) is 29.0 Å². The summed E-state index contributed by atoms with van der Waals surface area (Å²) < 4.78 is 0. The SMILES string of the molecule is CC(NC(=O)c1cc(Cl)ccc1Cl)c1ccccn1. The summed E-state index contributed by atoms with van der Waals surface area (Å²) in [7, 11) is 0. The van der Waals surface area contributed by atoms with Gasteiger partial charge in [0.1, 0.15) is 0 Å². The predicted molar refractivity (Wildman–Crippen MR) is 76.6 cm³/mol. The van der Waals surface area contributed by atoms with Gasteiger partial charge in [0.05, 0.1) is 22.3 Å². The maximum absolute atomic E-state index is 12.1. The molecule has 0 saturated carbocycles. The summed E-state index contributed by atoms with van der Waals surface area (Å²) in [6.45, 7) is 1.86. The van der Waals surface area contributed by atoms with Crippen molar-refractivity contribution in [1.82, 2.24) is 10.3 Å². The number of nitrogens with one attached hydrogen (secondary N) is 1. The van der Waals surface area contributed by atoms with E-state index in [-0.39, 0.29) is 11.9 Å². The maximum Gasteiger partial charge on any atom is 0.253 e. The highest BCUT2D eigenvalue weighted by Crippen LogP contribution is 2.21. The molecule has 0 saturated heterocycles. The van der Waals surface area contributed by atoms with Crippen molar-refractivity contribution < 1.29 is 4.79 Å². The van der Waals surface area contributed by atoms with Crippen molar-refractivity contribution in [1.29, 1.82) is 0 Å². The summed E-state index contributed by atoms with van der Waals surface area (Å²) in [5.74, 6) is -0.273. The van der Waals surface area contributed by atoms with E-state index in [1.165, 1.54) is 0 Å². The Bertz CT molecular complexity index is 587. The van der Waals surface area contributed by atoms with Crippen molar-refractivity contribution in [2.45, 2.75) is 13.0 Å². The van der Waals surface area contributed by atoms with Crippen molar-refractivity contribution >= 4 is 29.1 Å². The average Bonchev–Trinajstić information content (AvgIpc) is 2.42. The van der Waals surface area contributed by atoms with Crippen molar-refractivity contribution in [3.05, 3.63) is 63.9 Å². The Kier molecular flexibility index (Phi) is 4.40. The van der Waals surface area contributed by atoms with E-state index >= 15 is 0 Å². The van der Waals surface area contributed by atoms with E-state index in [0.717, 1.165) is 5.69 Å². The Hall–Kier alpha value is -1.58. The Morgan fingerprint density at radius 2 is 2.05 bits per heavy atom. The topological polar surface area (TPSA) is 42.0 Å². The normalized spacial score (nSPS) is 11.9. The van der Waals surface area contributed by atoms with E-state index < -0.39 is 0 Å². The van der Waals surface area contributed by atoms with Crippen LogP contribution in [0.5, 0.6) is 0 Å². The third-order valence-corrected chi connectivity index (χ3v) is 3.22. The monoisotopic (exact) mass is 294 g/mol. The molecule has 2 rings (SSSR count). The van der Waals surface area contributed by atoms with Crippen LogP contribution in [0.2, 0.25) is 10.0 Å². The molecule has 3 nitrogen and oxygen atoms in total. The van der Waals surface area contributed by atoms with E-state index in [1.807, 2.05) is 25.1 Å². The number of aromatic nitrogens is 1. The van der Waals surface area contributed by atoms with Crippen LogP contribution in [0, 0.1) is 0 Å². The number of benzene rings is 1. The smallest absolute Gasteiger partial charge is 0.253 e. The third kappa shape index (κ3) is 3.46. The number of amides is 1. The summed E-state index contributed by atoms with van der Waals surface area (Å²) in [6.07, 6.45) is 1.68. The molecule has 0 radical (unpaired) electrons. The molecule has 1 N–H and O–H groups in total. The predicted octanol–water partition coefficient (Wildman–Crippen LogP) is 3.88. The second kappa shape index (κ2) is 6.04. The minimum absolute atomic E-state index is 0.205. The van der Waals surface area contributed by atoms with E-state index in [1.54, 1.807) is 24.4 Å². The van der Waals surface area contributed by atoms with Crippen molar-refractivity contribution in [2.75, 3.05) is 0 Å². The van der Waals surface area contributed by atoms with Crippen LogP contribution in [-0.4, -0.2) is 10.9 Å². The average molecular weight is 295 g/mol. The van der Waals surface area contributed by atoms with Crippen molar-refractivity contribution in [2.24, 2.45) is 0 Å². The van der Waals surface area contributed by atoms with Gasteiger partial charge < -0.3 is 5.32 Å². The summed E-state index contributed by atoms with van der Waals surface area (Å²) in [5, 5.41) is 3.68. The summed E-state index contributed by atoms with van der Waals surface area (Å²) in [5.41, 5.74) is 1.14. The molecule has 5 heteroatoms. The second-order valence-corrected chi connectivity index (χ2v) is 4.92. The molecule has 98 valence electrons. The molecular weight excluding hydrogens is 283 g/mol. The van der Waals surface area contributed by atoms with E-state index in [4.69, 9.17) is 23.2 Å². The number of rotatable bonds is 3. The first-order valence-corrected chi connectivity index (χ1v) is 6.50. The number of carbonyl (C=O) groups is 1. The Balaban J connectivity index is 2.15. The molecule has 0 spiro atoms. The number of carbonyl (C=O) groups excluding carboxylic acids is 1. The highest BCUT2D eigenvalue weighted by atomic mass is 35.5. The van der Waals surface area contributed by atoms with Gasteiger partial charge in [0.25, 0.3) is 5.91 Å². The molecule has 1 aromatic carbocycles. The van der Waals surface area contributed by atoms with Crippen LogP contribution in [0.3, 0.4) is 0 Å². The fraction of sp³-hybridized carbons (Fsp3) is 0.143. The van der Waals surface area contributed by atoms with E-state index in [9.17, 15) is 4.79 Å². The highest BCUT2D eigenvalue weighted by molar-refractivity contribution is 6.35. The molecule has 1 amide bonds. The molecule has 1 atom stereocenters. The Morgan fingerprint density at radius 3 is 2.74 bits per heavy atom. The lowest BCUT2D eigenvalue weighted by Crippen LogP contribution is -2.27. The van der Waals surface area contributed by atoms with Crippen molar-refractivity contribution in [3.8, 4) is 0 Å². The van der Waals surface area contributed by atoms with Gasteiger partial charge in [-0.3, -0.25) is 9.78 Å². The highest BCUT2D eigenvalue weighted by Gasteiger charge is 2.15. The van der Waals surface area contributed by atoms with E-state index in [2.05, 4.69) is 10.3 Å². The number of hydrogen-bond donors (Lipinski definition) is 1. The molecule has 0 fully saturated rings. The molecule has 0 aliphatic heterocycles. The molecule has 2 aromatic rings. The maximum atomic E-state index is 12.1. The molecule has 1 aromatic heterocycles. The Morgan fingerprint density at radius 1 is 1.26 bits per heavy atom. The minimum Gasteiger partial charge on any atom is -0.344 e. The number of hydrogen-bond acceptors (Lipinski definition) is 2. The number of pyridine rings is 1. The van der Waals surface area contributed by atoms with Gasteiger partial charge in [0.2, 0.25) is 0 Å². The largest absolute Gasteiger partial charge is 0.344 e. The van der Waals surface area contributed by atoms with Gasteiger partial charge in [-0.25, -0.2) is 0 Å². The molecule has 0 aliphatic carbocycles. The lowest BCUT2D eigenvalue weighted by Gasteiger charge is -2.14. The lowest BCUT2D eigenvalue weighted by molar-refractivity contribution is 0.0939. The molecule has 0 aliphatic rings. The lowest BCUT2D eigenvalue weighted by atomic mass is 10.1. The summed E-state index contributed by atoms with van der Waals surface area (Å²) >= 11 is 11.8. The zero-order chi connectivity index (χ0) is 13.8. The van der Waals surface area contributed by atoms with Crippen LogP contribution >= 0.6 is 23.2 Å². The van der Waals surface area contributed by atoms with Gasteiger partial charge in [-0.15, -0.1) is 0 Å². The fourth-order valence-electron chi connectivity index (χ4n) is 1.65. The molecule has 0 bridgehead atoms. The van der Waals surface area contributed by atoms with Crippen LogP contribution < -0.4 is 5.32 Å².